The van der Waals surface area contributed by atoms with Crippen LogP contribution in [-0.4, -0.2) is 4.89 Å². The lowest BCUT2D eigenvalue weighted by Gasteiger charge is -1.91. The normalized spacial score (nSPS) is 10.8. The highest BCUT2D eigenvalue weighted by Crippen LogP contribution is 2.22. The summed E-state index contributed by atoms with van der Waals surface area (Å²) in [6.07, 6.45) is 0. The zero-order chi connectivity index (χ0) is 8.27. The molecule has 1 atom stereocenters. The van der Waals surface area contributed by atoms with Crippen LogP contribution in [0.3, 0.4) is 0 Å². The largest absolute Gasteiger partial charge is 0.747 e. The van der Waals surface area contributed by atoms with Crippen molar-refractivity contribution in [3.63, 3.8) is 0 Å². The van der Waals surface area contributed by atoms with E-state index < -0.39 is 8.25 Å². The molecular weight excluding hydrogens is 165 g/mol. The van der Waals surface area contributed by atoms with E-state index in [1.54, 1.807) is 12.1 Å². The number of hydrogen-bond donors (Lipinski definition) is 2. The fourth-order valence-corrected chi connectivity index (χ4v) is 0.921. The van der Waals surface area contributed by atoms with E-state index >= 15 is 0 Å². The molecule has 0 aliphatic heterocycles. The van der Waals surface area contributed by atoms with Gasteiger partial charge in [0.1, 0.15) is 0 Å². The number of nitrogen functional groups attached to an aromatic ring is 1. The quantitative estimate of drug-likeness (QED) is 0.520. The minimum absolute atomic E-state index is 0.336. The first kappa shape index (κ1) is 7.98. The Morgan fingerprint density at radius 1 is 1.36 bits per heavy atom. The lowest BCUT2D eigenvalue weighted by atomic mass is 10.3. The first-order chi connectivity index (χ1) is 5.18. The van der Waals surface area contributed by atoms with E-state index in [1.807, 2.05) is 0 Å². The molecule has 0 aliphatic rings. The molecule has 1 unspecified atom stereocenters. The Kier molecular flexibility index (Phi) is 2.41. The topological polar surface area (TPSA) is 72.5 Å². The van der Waals surface area contributed by atoms with Crippen LogP contribution in [0.4, 0.5) is 5.69 Å². The van der Waals surface area contributed by atoms with Gasteiger partial charge in [0.25, 0.3) is 0 Å². The number of nitrogens with two attached hydrogens (primary N) is 1. The second kappa shape index (κ2) is 3.32. The molecule has 0 saturated heterocycles. The molecule has 5 heteroatoms. The third kappa shape index (κ3) is 2.53. The maximum atomic E-state index is 10.1. The minimum atomic E-state index is -2.58. The van der Waals surface area contributed by atoms with Crippen molar-refractivity contribution >= 4 is 13.9 Å². The summed E-state index contributed by atoms with van der Waals surface area (Å²) >= 11 is 0. The second-order valence-corrected chi connectivity index (χ2v) is 2.56. The number of hydrogen-bond acceptors (Lipinski definition) is 3. The first-order valence-electron chi connectivity index (χ1n) is 2.88. The van der Waals surface area contributed by atoms with Crippen molar-refractivity contribution in [2.45, 2.75) is 0 Å². The van der Waals surface area contributed by atoms with Crippen molar-refractivity contribution in [2.24, 2.45) is 0 Å². The average Bonchev–Trinajstić information content (AvgIpc) is 1.93. The molecule has 0 radical (unpaired) electrons. The predicted molar refractivity (Wildman–Crippen MR) is 41.3 cm³/mol. The molecule has 58 valence electrons. The summed E-state index contributed by atoms with van der Waals surface area (Å²) in [5.41, 5.74) is 5.96. The SMILES string of the molecule is Nc1ccc(O[P+](=O)O)cc1. The van der Waals surface area contributed by atoms with Crippen molar-refractivity contribution in [2.75, 3.05) is 5.73 Å². The van der Waals surface area contributed by atoms with Crippen molar-refractivity contribution in [1.82, 2.24) is 0 Å². The zero-order valence-corrected chi connectivity index (χ0v) is 6.49. The van der Waals surface area contributed by atoms with Gasteiger partial charge in [0.15, 0.2) is 5.75 Å². The van der Waals surface area contributed by atoms with Crippen molar-refractivity contribution in [3.8, 4) is 5.75 Å². The molecule has 0 saturated carbocycles. The van der Waals surface area contributed by atoms with Crippen LogP contribution in [0, 0.1) is 0 Å². The molecule has 3 N–H and O–H groups in total. The molecule has 11 heavy (non-hydrogen) atoms. The van der Waals surface area contributed by atoms with Gasteiger partial charge >= 0.3 is 8.25 Å². The van der Waals surface area contributed by atoms with Crippen LogP contribution in [0.2, 0.25) is 0 Å². The van der Waals surface area contributed by atoms with Crippen LogP contribution in [0.25, 0.3) is 0 Å². The molecule has 0 spiro atoms. The van der Waals surface area contributed by atoms with E-state index in [0.29, 0.717) is 11.4 Å². The molecule has 1 aromatic rings. The van der Waals surface area contributed by atoms with Crippen molar-refractivity contribution < 1.29 is 14.0 Å². The van der Waals surface area contributed by atoms with E-state index in [4.69, 9.17) is 10.6 Å². The Labute approximate surface area is 64.6 Å². The second-order valence-electron chi connectivity index (χ2n) is 1.90. The van der Waals surface area contributed by atoms with Crippen LogP contribution in [-0.2, 0) is 4.57 Å². The zero-order valence-electron chi connectivity index (χ0n) is 5.60. The smallest absolute Gasteiger partial charge is 0.399 e. The molecule has 0 amide bonds. The van der Waals surface area contributed by atoms with E-state index in [-0.39, 0.29) is 0 Å². The third-order valence-electron chi connectivity index (χ3n) is 1.06. The van der Waals surface area contributed by atoms with Gasteiger partial charge < -0.3 is 5.73 Å². The molecule has 0 fully saturated rings. The standard InChI is InChI=1S/C6H6NO3P/c7-5-1-3-6(4-2-5)10-11(8)9/h1-4H,7H2/p+1. The highest BCUT2D eigenvalue weighted by Gasteiger charge is 2.12. The van der Waals surface area contributed by atoms with Crippen LogP contribution in [0.5, 0.6) is 5.75 Å². The fourth-order valence-electron chi connectivity index (χ4n) is 0.619. The molecule has 4 nitrogen and oxygen atoms in total. The summed E-state index contributed by atoms with van der Waals surface area (Å²) in [5, 5.41) is 0. The summed E-state index contributed by atoms with van der Waals surface area (Å²) in [5.74, 6) is 0.336. The van der Waals surface area contributed by atoms with Gasteiger partial charge in [0.05, 0.1) is 0 Å². The van der Waals surface area contributed by atoms with Gasteiger partial charge in [-0.25, -0.2) is 4.52 Å². The Hall–Kier alpha value is -1.12. The Bertz CT molecular complexity index is 259. The summed E-state index contributed by atoms with van der Waals surface area (Å²) in [7, 11) is -2.58. The highest BCUT2D eigenvalue weighted by molar-refractivity contribution is 7.32. The average molecular weight is 172 g/mol. The molecule has 0 bridgehead atoms. The number of benzene rings is 1. The molecule has 0 aromatic heterocycles. The van der Waals surface area contributed by atoms with Gasteiger partial charge in [0.2, 0.25) is 0 Å². The van der Waals surface area contributed by atoms with Gasteiger partial charge in [0, 0.05) is 10.3 Å². The van der Waals surface area contributed by atoms with Gasteiger partial charge in [-0.1, -0.05) is 0 Å². The highest BCUT2D eigenvalue weighted by atomic mass is 31.1. The Morgan fingerprint density at radius 3 is 2.36 bits per heavy atom. The van der Waals surface area contributed by atoms with Crippen LogP contribution >= 0.6 is 8.25 Å². The Morgan fingerprint density at radius 2 is 1.91 bits per heavy atom. The molecule has 1 rings (SSSR count). The van der Waals surface area contributed by atoms with Crippen molar-refractivity contribution in [3.05, 3.63) is 24.3 Å². The van der Waals surface area contributed by atoms with Crippen LogP contribution in [0.1, 0.15) is 0 Å². The van der Waals surface area contributed by atoms with Crippen LogP contribution < -0.4 is 10.3 Å². The fraction of sp³-hybridized carbons (Fsp3) is 0. The maximum Gasteiger partial charge on any atom is 0.747 e. The lowest BCUT2D eigenvalue weighted by molar-refractivity contribution is 0.410. The summed E-state index contributed by atoms with van der Waals surface area (Å²) in [4.78, 5) is 8.33. The van der Waals surface area contributed by atoms with Gasteiger partial charge in [-0.05, 0) is 24.3 Å². The van der Waals surface area contributed by atoms with Gasteiger partial charge in [-0.15, -0.1) is 4.89 Å². The summed E-state index contributed by atoms with van der Waals surface area (Å²) < 4.78 is 14.6. The molecule has 0 heterocycles. The van der Waals surface area contributed by atoms with Gasteiger partial charge in [-0.2, -0.15) is 0 Å². The molecule has 0 aliphatic carbocycles. The maximum absolute atomic E-state index is 10.1. The molecular formula is C6H7NO3P+. The molecule has 1 aromatic carbocycles. The Balaban J connectivity index is 2.74. The lowest BCUT2D eigenvalue weighted by Crippen LogP contribution is -1.84. The first-order valence-corrected chi connectivity index (χ1v) is 4.01. The monoisotopic (exact) mass is 172 g/mol. The third-order valence-corrected chi connectivity index (χ3v) is 1.43. The summed E-state index contributed by atoms with van der Waals surface area (Å²) in [6, 6.07) is 6.24. The number of anilines is 1. The van der Waals surface area contributed by atoms with E-state index in [9.17, 15) is 4.57 Å². The van der Waals surface area contributed by atoms with Gasteiger partial charge in [-0.3, -0.25) is 0 Å². The summed E-state index contributed by atoms with van der Waals surface area (Å²) in [6.45, 7) is 0. The number of rotatable bonds is 2. The van der Waals surface area contributed by atoms with Crippen LogP contribution in [0.15, 0.2) is 24.3 Å². The van der Waals surface area contributed by atoms with E-state index in [1.165, 1.54) is 12.1 Å². The van der Waals surface area contributed by atoms with Crippen molar-refractivity contribution in [1.29, 1.82) is 0 Å². The van der Waals surface area contributed by atoms with E-state index in [2.05, 4.69) is 4.52 Å². The predicted octanol–water partition coefficient (Wildman–Crippen LogP) is 1.30. The minimum Gasteiger partial charge on any atom is -0.399 e. The van der Waals surface area contributed by atoms with E-state index in [0.717, 1.165) is 0 Å².